The van der Waals surface area contributed by atoms with E-state index in [2.05, 4.69) is 53.8 Å². The number of rotatable bonds is 4. The van der Waals surface area contributed by atoms with Crippen molar-refractivity contribution in [1.82, 2.24) is 4.90 Å². The Labute approximate surface area is 173 Å². The summed E-state index contributed by atoms with van der Waals surface area (Å²) in [5.74, 6) is 0.992. The Morgan fingerprint density at radius 1 is 1.41 bits per heavy atom. The highest BCUT2D eigenvalue weighted by molar-refractivity contribution is 14.1. The number of ether oxygens (including phenoxy) is 2. The van der Waals surface area contributed by atoms with Crippen LogP contribution in [0.25, 0.3) is 0 Å². The van der Waals surface area contributed by atoms with Gasteiger partial charge >= 0.3 is 6.09 Å². The number of nitrogens with one attached hydrogen (secondary N) is 1. The molecule has 0 fully saturated rings. The average molecular weight is 480 g/mol. The van der Waals surface area contributed by atoms with Crippen LogP contribution in [0, 0.1) is 10.8 Å². The van der Waals surface area contributed by atoms with Gasteiger partial charge in [0.25, 0.3) is 0 Å². The Hall–Kier alpha value is -1.57. The molecule has 0 bridgehead atoms. The van der Waals surface area contributed by atoms with E-state index in [1.807, 2.05) is 0 Å². The van der Waals surface area contributed by atoms with Crippen LogP contribution in [0.4, 0.5) is 4.79 Å². The summed E-state index contributed by atoms with van der Waals surface area (Å²) in [6.07, 6.45) is 9.69. The van der Waals surface area contributed by atoms with E-state index < -0.39 is 0 Å². The van der Waals surface area contributed by atoms with Crippen LogP contribution in [0.2, 0.25) is 0 Å². The van der Waals surface area contributed by atoms with E-state index in [1.165, 1.54) is 16.7 Å². The molecule has 1 amide bonds. The fourth-order valence-corrected chi connectivity index (χ4v) is 5.67. The molecule has 1 heterocycles. The van der Waals surface area contributed by atoms with E-state index in [9.17, 15) is 4.79 Å². The third-order valence-corrected chi connectivity index (χ3v) is 6.92. The maximum Gasteiger partial charge on any atom is 0.410 e. The number of allylic oxidation sites excluding steroid dienone is 2. The first-order valence-electron chi connectivity index (χ1n) is 9.47. The standard InChI is InChI=1S/C21H25IN2O3/c1-20-6-2-3-7-21(20)8-10-24(19(25)26-11-9-23)13-15-4-5-17(27-14-22)16(12-20)18(15)21/h3-5,7,9,23H,2,6,8,10-14H2,1H3/t20-,21-/m1/s1. The van der Waals surface area contributed by atoms with E-state index in [0.717, 1.165) is 37.6 Å². The van der Waals surface area contributed by atoms with E-state index in [1.54, 1.807) is 4.90 Å². The predicted octanol–water partition coefficient (Wildman–Crippen LogP) is 4.60. The average Bonchev–Trinajstić information content (AvgIpc) is 2.82. The second-order valence-electron chi connectivity index (χ2n) is 7.93. The first-order valence-corrected chi connectivity index (χ1v) is 11.0. The van der Waals surface area contributed by atoms with Crippen molar-refractivity contribution in [3.05, 3.63) is 41.0 Å². The zero-order valence-electron chi connectivity index (χ0n) is 15.6. The summed E-state index contributed by atoms with van der Waals surface area (Å²) in [5, 5.41) is 7.10. The minimum atomic E-state index is -0.335. The van der Waals surface area contributed by atoms with Gasteiger partial charge in [0.1, 0.15) is 17.0 Å². The molecule has 1 spiro atoms. The summed E-state index contributed by atoms with van der Waals surface area (Å²) in [4.78, 5) is 14.3. The first-order chi connectivity index (χ1) is 13.0. The molecule has 2 aliphatic carbocycles. The lowest BCUT2D eigenvalue weighted by Gasteiger charge is -2.45. The highest BCUT2D eigenvalue weighted by Crippen LogP contribution is 2.62. The van der Waals surface area contributed by atoms with Crippen molar-refractivity contribution >= 4 is 34.9 Å². The molecule has 0 saturated carbocycles. The molecule has 5 nitrogen and oxygen atoms in total. The Bertz CT molecular complexity index is 809. The van der Waals surface area contributed by atoms with Gasteiger partial charge in [0.2, 0.25) is 0 Å². The normalized spacial score (nSPS) is 28.1. The quantitative estimate of drug-likeness (QED) is 0.297. The number of carbonyl (C=O) groups is 1. The van der Waals surface area contributed by atoms with Gasteiger partial charge in [-0.3, -0.25) is 0 Å². The Morgan fingerprint density at radius 2 is 2.26 bits per heavy atom. The Morgan fingerprint density at radius 3 is 3.04 bits per heavy atom. The summed E-state index contributed by atoms with van der Waals surface area (Å²) in [5.41, 5.74) is 4.01. The number of amides is 1. The van der Waals surface area contributed by atoms with Gasteiger partial charge in [0.15, 0.2) is 0 Å². The number of benzene rings is 1. The highest BCUT2D eigenvalue weighted by atomic mass is 127. The van der Waals surface area contributed by atoms with E-state index in [-0.39, 0.29) is 23.5 Å². The van der Waals surface area contributed by atoms with Gasteiger partial charge < -0.3 is 19.8 Å². The predicted molar refractivity (Wildman–Crippen MR) is 113 cm³/mol. The van der Waals surface area contributed by atoms with Crippen LogP contribution in [-0.2, 0) is 23.1 Å². The lowest BCUT2D eigenvalue weighted by molar-refractivity contribution is 0.105. The second-order valence-corrected chi connectivity index (χ2v) is 8.56. The first kappa shape index (κ1) is 18.8. The summed E-state index contributed by atoms with van der Waals surface area (Å²) in [6.45, 7) is 3.64. The number of alkyl halides is 1. The monoisotopic (exact) mass is 480 g/mol. The fourth-order valence-electron chi connectivity index (χ4n) is 5.33. The molecular weight excluding hydrogens is 455 g/mol. The van der Waals surface area contributed by atoms with Crippen molar-refractivity contribution in [3.8, 4) is 5.75 Å². The number of nitrogens with zero attached hydrogens (tertiary/aromatic N) is 1. The zero-order chi connectivity index (χ0) is 19.1. The summed E-state index contributed by atoms with van der Waals surface area (Å²) in [7, 11) is 0. The van der Waals surface area contributed by atoms with Crippen LogP contribution in [0.15, 0.2) is 24.3 Å². The van der Waals surface area contributed by atoms with Crippen LogP contribution < -0.4 is 4.74 Å². The second kappa shape index (κ2) is 7.11. The maximum absolute atomic E-state index is 12.5. The summed E-state index contributed by atoms with van der Waals surface area (Å²) in [6, 6.07) is 4.19. The Kier molecular flexibility index (Phi) is 4.94. The molecule has 1 aliphatic heterocycles. The topological polar surface area (TPSA) is 62.6 Å². The third-order valence-electron chi connectivity index (χ3n) is 6.61. The smallest absolute Gasteiger partial charge is 0.410 e. The summed E-state index contributed by atoms with van der Waals surface area (Å²) >= 11 is 2.25. The molecule has 0 saturated heterocycles. The molecule has 3 aliphatic rings. The fraction of sp³-hybridized carbons (Fsp3) is 0.524. The van der Waals surface area contributed by atoms with Crippen LogP contribution >= 0.6 is 22.6 Å². The lowest BCUT2D eigenvalue weighted by Crippen LogP contribution is -2.42. The van der Waals surface area contributed by atoms with Gasteiger partial charge in [0, 0.05) is 24.7 Å². The molecule has 0 radical (unpaired) electrons. The van der Waals surface area contributed by atoms with Crippen molar-refractivity contribution in [2.24, 2.45) is 5.41 Å². The van der Waals surface area contributed by atoms with Crippen molar-refractivity contribution in [2.45, 2.75) is 44.6 Å². The molecule has 0 unspecified atom stereocenters. The van der Waals surface area contributed by atoms with E-state index in [0.29, 0.717) is 17.7 Å². The van der Waals surface area contributed by atoms with E-state index in [4.69, 9.17) is 14.9 Å². The molecule has 1 N–H and O–H groups in total. The van der Waals surface area contributed by atoms with Crippen LogP contribution in [-0.4, -0.2) is 35.0 Å². The minimum Gasteiger partial charge on any atom is -0.483 e. The molecule has 0 aromatic heterocycles. The summed E-state index contributed by atoms with van der Waals surface area (Å²) < 4.78 is 11.8. The molecule has 2 atom stereocenters. The van der Waals surface area contributed by atoms with Gasteiger partial charge in [-0.15, -0.1) is 0 Å². The Balaban J connectivity index is 1.81. The number of halogens is 1. The van der Waals surface area contributed by atoms with Crippen molar-refractivity contribution in [1.29, 1.82) is 5.41 Å². The number of carbonyl (C=O) groups excluding carboxylic acids is 1. The van der Waals surface area contributed by atoms with Gasteiger partial charge in [-0.2, -0.15) is 0 Å². The van der Waals surface area contributed by atoms with Crippen molar-refractivity contribution in [3.63, 3.8) is 0 Å². The van der Waals surface area contributed by atoms with Crippen LogP contribution in [0.5, 0.6) is 5.75 Å². The lowest BCUT2D eigenvalue weighted by atomic mass is 9.58. The number of hydrogen-bond donors (Lipinski definition) is 1. The molecule has 1 aromatic carbocycles. The molecule has 1 aromatic rings. The third kappa shape index (κ3) is 2.87. The highest BCUT2D eigenvalue weighted by Gasteiger charge is 2.56. The van der Waals surface area contributed by atoms with Gasteiger partial charge in [-0.05, 0) is 76.4 Å². The minimum absolute atomic E-state index is 0.0264. The molecule has 27 heavy (non-hydrogen) atoms. The molecule has 6 heteroatoms. The van der Waals surface area contributed by atoms with Crippen LogP contribution in [0.1, 0.15) is 42.9 Å². The van der Waals surface area contributed by atoms with Gasteiger partial charge in [-0.1, -0.05) is 25.1 Å². The van der Waals surface area contributed by atoms with Gasteiger partial charge in [0.05, 0.1) is 0 Å². The largest absolute Gasteiger partial charge is 0.483 e. The molecule has 4 rings (SSSR count). The maximum atomic E-state index is 12.5. The van der Waals surface area contributed by atoms with Crippen LogP contribution in [0.3, 0.4) is 0 Å². The van der Waals surface area contributed by atoms with Crippen molar-refractivity contribution in [2.75, 3.05) is 17.8 Å². The molecular formula is C21H25IN2O3. The van der Waals surface area contributed by atoms with Crippen molar-refractivity contribution < 1.29 is 14.3 Å². The van der Waals surface area contributed by atoms with Gasteiger partial charge in [-0.25, -0.2) is 4.79 Å². The van der Waals surface area contributed by atoms with E-state index >= 15 is 0 Å². The SMILES string of the molecule is C[C@]12CCC=C[C@]13CCN(C(=O)OCC=N)Cc1ccc(OCI)c(c13)C2. The zero-order valence-corrected chi connectivity index (χ0v) is 17.8. The number of hydrogen-bond acceptors (Lipinski definition) is 4. The molecule has 144 valence electrons.